The number of aliphatic hydroxyl groups excluding tert-OH is 6. The van der Waals surface area contributed by atoms with Gasteiger partial charge in [0.05, 0.1) is 42.7 Å². The largest absolute Gasteiger partial charge is 0.393 e. The first-order chi connectivity index (χ1) is 20.1. The van der Waals surface area contributed by atoms with Gasteiger partial charge in [-0.15, -0.1) is 0 Å². The van der Waals surface area contributed by atoms with E-state index in [1.807, 2.05) is 0 Å². The second kappa shape index (κ2) is 12.3. The van der Waals surface area contributed by atoms with Gasteiger partial charge in [-0.3, -0.25) is 0 Å². The minimum atomic E-state index is -1.26. The van der Waals surface area contributed by atoms with E-state index in [2.05, 4.69) is 34.6 Å². The average molecular weight is 615 g/mol. The fourth-order valence-electron chi connectivity index (χ4n) is 11.1. The summed E-state index contributed by atoms with van der Waals surface area (Å²) in [5.41, 5.74) is -2.10. The molecule has 4 aliphatic carbocycles. The van der Waals surface area contributed by atoms with Crippen molar-refractivity contribution in [3.05, 3.63) is 0 Å². The maximum atomic E-state index is 12.5. The molecule has 4 saturated carbocycles. The first kappa shape index (κ1) is 33.9. The first-order valence-electron chi connectivity index (χ1n) is 16.7. The van der Waals surface area contributed by atoms with Crippen molar-refractivity contribution >= 4 is 0 Å². The van der Waals surface area contributed by atoms with Crippen molar-refractivity contribution < 1.29 is 50.0 Å². The van der Waals surface area contributed by atoms with E-state index in [0.717, 1.165) is 25.7 Å². The van der Waals surface area contributed by atoms with Gasteiger partial charge in [-0.25, -0.2) is 0 Å². The van der Waals surface area contributed by atoms with Crippen LogP contribution in [0.5, 0.6) is 0 Å². The molecule has 5 aliphatic rings. The Kier molecular flexibility index (Phi) is 9.73. The lowest BCUT2D eigenvalue weighted by Gasteiger charge is -2.66. The van der Waals surface area contributed by atoms with Crippen molar-refractivity contribution in [2.45, 2.75) is 147 Å². The van der Waals surface area contributed by atoms with Gasteiger partial charge in [0.15, 0.2) is 6.29 Å². The maximum absolute atomic E-state index is 12.5. The third kappa shape index (κ3) is 5.53. The van der Waals surface area contributed by atoms with Crippen LogP contribution < -0.4 is 0 Å². The summed E-state index contributed by atoms with van der Waals surface area (Å²) in [7, 11) is 1.45. The van der Waals surface area contributed by atoms with Crippen molar-refractivity contribution in [1.29, 1.82) is 0 Å². The molecule has 7 N–H and O–H groups in total. The van der Waals surface area contributed by atoms with Gasteiger partial charge in [-0.1, -0.05) is 34.6 Å². The second-order valence-corrected chi connectivity index (χ2v) is 15.8. The second-order valence-electron chi connectivity index (χ2n) is 15.8. The number of hydrogen-bond acceptors (Lipinski definition) is 10. The van der Waals surface area contributed by atoms with E-state index in [0.29, 0.717) is 19.3 Å². The fraction of sp³-hybridized carbons (Fsp3) is 1.00. The monoisotopic (exact) mass is 614 g/mol. The molecule has 250 valence electrons. The Labute approximate surface area is 256 Å². The Bertz CT molecular complexity index is 966. The van der Waals surface area contributed by atoms with E-state index in [1.54, 1.807) is 0 Å². The van der Waals surface area contributed by atoms with Crippen LogP contribution in [-0.2, 0) is 14.2 Å². The van der Waals surface area contributed by atoms with Crippen molar-refractivity contribution in [3.8, 4) is 0 Å². The van der Waals surface area contributed by atoms with E-state index in [1.165, 1.54) is 7.11 Å². The average Bonchev–Trinajstić information content (AvgIpc) is 3.21. The number of aliphatic hydroxyl groups is 7. The van der Waals surface area contributed by atoms with E-state index < -0.39 is 66.0 Å². The van der Waals surface area contributed by atoms with Crippen molar-refractivity contribution in [3.63, 3.8) is 0 Å². The van der Waals surface area contributed by atoms with E-state index in [-0.39, 0.29) is 54.1 Å². The minimum absolute atomic E-state index is 0.0269. The molecular weight excluding hydrogens is 556 g/mol. The Hall–Kier alpha value is -0.400. The van der Waals surface area contributed by atoms with Gasteiger partial charge < -0.3 is 50.0 Å². The van der Waals surface area contributed by atoms with Crippen molar-refractivity contribution in [1.82, 2.24) is 0 Å². The topological polar surface area (TPSA) is 169 Å². The molecule has 0 aromatic carbocycles. The number of fused-ring (bicyclic) bond motifs is 5. The molecule has 10 heteroatoms. The summed E-state index contributed by atoms with van der Waals surface area (Å²) in [6.07, 6.45) is -2.52. The lowest BCUT2D eigenvalue weighted by Crippen LogP contribution is -2.70. The normalized spacial score (nSPS) is 53.2. The molecule has 5 rings (SSSR count). The lowest BCUT2D eigenvalue weighted by molar-refractivity contribution is -0.290. The molecule has 0 bridgehead atoms. The number of hydrogen-bond donors (Lipinski definition) is 7. The van der Waals surface area contributed by atoms with Gasteiger partial charge in [-0.05, 0) is 79.4 Å². The quantitative estimate of drug-likeness (QED) is 0.213. The van der Waals surface area contributed by atoms with Crippen LogP contribution in [0.2, 0.25) is 0 Å². The van der Waals surface area contributed by atoms with Gasteiger partial charge in [0, 0.05) is 25.4 Å². The molecule has 1 saturated heterocycles. The molecule has 0 spiro atoms. The molecule has 10 nitrogen and oxygen atoms in total. The summed E-state index contributed by atoms with van der Waals surface area (Å²) in [4.78, 5) is 0. The Morgan fingerprint density at radius 1 is 0.837 bits per heavy atom. The fourth-order valence-corrected chi connectivity index (χ4v) is 11.1. The molecule has 17 atom stereocenters. The van der Waals surface area contributed by atoms with Gasteiger partial charge in [0.25, 0.3) is 0 Å². The number of rotatable bonds is 8. The predicted molar refractivity (Wildman–Crippen MR) is 158 cm³/mol. The summed E-state index contributed by atoms with van der Waals surface area (Å²) in [5.74, 6) is -0.511. The van der Waals surface area contributed by atoms with Crippen LogP contribution in [0.4, 0.5) is 0 Å². The first-order valence-corrected chi connectivity index (χ1v) is 16.7. The summed E-state index contributed by atoms with van der Waals surface area (Å²) in [5, 5.41) is 77.6. The van der Waals surface area contributed by atoms with Gasteiger partial charge in [0.1, 0.15) is 18.3 Å². The Morgan fingerprint density at radius 2 is 1.51 bits per heavy atom. The zero-order valence-electron chi connectivity index (χ0n) is 26.9. The van der Waals surface area contributed by atoms with Crippen LogP contribution in [0.3, 0.4) is 0 Å². The highest BCUT2D eigenvalue weighted by Crippen LogP contribution is 2.69. The summed E-state index contributed by atoms with van der Waals surface area (Å²) < 4.78 is 17.2. The van der Waals surface area contributed by atoms with Crippen LogP contribution in [0.25, 0.3) is 0 Å². The number of ether oxygens (including phenoxy) is 3. The lowest BCUT2D eigenvalue weighted by atomic mass is 9.41. The van der Waals surface area contributed by atoms with E-state index in [4.69, 9.17) is 14.2 Å². The zero-order valence-corrected chi connectivity index (χ0v) is 26.9. The zero-order chi connectivity index (χ0) is 31.6. The third-order valence-corrected chi connectivity index (χ3v) is 13.1. The van der Waals surface area contributed by atoms with Crippen LogP contribution in [0.1, 0.15) is 86.0 Å². The molecule has 5 fully saturated rings. The SMILES string of the molecule is COC1C(O)COC(OC(CCC(C)C2CC(O)C3C2(C)CCC2C4(C)CCC(O)C(O)C4C(O)CC23O)C(C)C)C1O. The minimum Gasteiger partial charge on any atom is -0.393 e. The Morgan fingerprint density at radius 3 is 2.16 bits per heavy atom. The number of methoxy groups -OCH3 is 1. The maximum Gasteiger partial charge on any atom is 0.186 e. The summed E-state index contributed by atoms with van der Waals surface area (Å²) in [6.45, 7) is 10.7. The third-order valence-electron chi connectivity index (χ3n) is 13.1. The highest BCUT2D eigenvalue weighted by molar-refractivity contribution is 5.21. The van der Waals surface area contributed by atoms with Crippen molar-refractivity contribution in [2.24, 2.45) is 46.3 Å². The molecule has 0 aromatic rings. The summed E-state index contributed by atoms with van der Waals surface area (Å²) >= 11 is 0. The van der Waals surface area contributed by atoms with Crippen LogP contribution in [-0.4, -0.2) is 110 Å². The smallest absolute Gasteiger partial charge is 0.186 e. The van der Waals surface area contributed by atoms with Gasteiger partial charge in [0.2, 0.25) is 0 Å². The molecule has 1 aliphatic heterocycles. The van der Waals surface area contributed by atoms with Crippen LogP contribution in [0.15, 0.2) is 0 Å². The van der Waals surface area contributed by atoms with Crippen LogP contribution >= 0.6 is 0 Å². The Balaban J connectivity index is 1.29. The molecule has 17 unspecified atom stereocenters. The highest BCUT2D eigenvalue weighted by atomic mass is 16.7. The van der Waals surface area contributed by atoms with E-state index in [9.17, 15) is 35.7 Å². The molecule has 43 heavy (non-hydrogen) atoms. The van der Waals surface area contributed by atoms with Crippen LogP contribution in [0, 0.1) is 46.3 Å². The van der Waals surface area contributed by atoms with Crippen molar-refractivity contribution in [2.75, 3.05) is 13.7 Å². The molecule has 0 aromatic heterocycles. The molecular formula is C33H58O10. The van der Waals surface area contributed by atoms with Gasteiger partial charge >= 0.3 is 0 Å². The molecule has 0 radical (unpaired) electrons. The highest BCUT2D eigenvalue weighted by Gasteiger charge is 2.71. The molecule has 0 amide bonds. The van der Waals surface area contributed by atoms with Gasteiger partial charge in [-0.2, -0.15) is 0 Å². The predicted octanol–water partition coefficient (Wildman–Crippen LogP) is 1.58. The summed E-state index contributed by atoms with van der Waals surface area (Å²) in [6, 6.07) is 0. The van der Waals surface area contributed by atoms with E-state index >= 15 is 0 Å². The standard InChI is InChI=1S/C33H58O10/c1-16(2)23(43-30-27(39)28(41-6)22(37)15-42-30)8-7-17(3)18-13-20(35)29-31(18,4)12-10-24-32(5)11-9-19(34)26(38)25(32)21(36)14-33(24,29)40/h16-30,34-40H,7-15H2,1-6H3. The molecule has 1 heterocycles.